The molecule has 1 aromatic carbocycles. The molecule has 0 saturated heterocycles. The zero-order valence-corrected chi connectivity index (χ0v) is 12.8. The summed E-state index contributed by atoms with van der Waals surface area (Å²) in [7, 11) is 0. The van der Waals surface area contributed by atoms with E-state index >= 15 is 0 Å². The molecule has 0 aliphatic rings. The minimum atomic E-state index is -0.413. The van der Waals surface area contributed by atoms with Crippen molar-refractivity contribution in [3.8, 4) is 0 Å². The third-order valence-corrected chi connectivity index (χ3v) is 3.93. The Labute approximate surface area is 130 Å². The SMILES string of the molecule is CC(C)c1nnc2sc(C=Cc3ccc([N+](=O)[O-])cc3)nn12. The summed E-state index contributed by atoms with van der Waals surface area (Å²) in [5.41, 5.74) is 0.957. The Morgan fingerprint density at radius 3 is 2.59 bits per heavy atom. The van der Waals surface area contributed by atoms with E-state index in [1.54, 1.807) is 16.6 Å². The first kappa shape index (κ1) is 14.3. The van der Waals surface area contributed by atoms with Gasteiger partial charge in [-0.2, -0.15) is 9.61 Å². The molecule has 0 unspecified atom stereocenters. The first-order valence-corrected chi connectivity index (χ1v) is 7.51. The second-order valence-electron chi connectivity index (χ2n) is 5.03. The molecule has 112 valence electrons. The molecule has 0 radical (unpaired) electrons. The molecule has 0 aliphatic carbocycles. The molecule has 0 N–H and O–H groups in total. The topological polar surface area (TPSA) is 86.2 Å². The molecule has 0 bridgehead atoms. The van der Waals surface area contributed by atoms with Crippen LogP contribution in [-0.4, -0.2) is 24.7 Å². The first-order chi connectivity index (χ1) is 10.5. The van der Waals surface area contributed by atoms with Crippen LogP contribution in [0.2, 0.25) is 0 Å². The molecule has 0 atom stereocenters. The molecule has 3 aromatic rings. The van der Waals surface area contributed by atoms with Crippen LogP contribution in [0.1, 0.15) is 36.2 Å². The second-order valence-corrected chi connectivity index (χ2v) is 6.02. The number of nitrogens with zero attached hydrogens (tertiary/aromatic N) is 5. The number of rotatable bonds is 4. The zero-order chi connectivity index (χ0) is 15.7. The number of benzene rings is 1. The molecule has 0 fully saturated rings. The Balaban J connectivity index is 1.84. The van der Waals surface area contributed by atoms with Crippen LogP contribution in [0.25, 0.3) is 17.1 Å². The van der Waals surface area contributed by atoms with Gasteiger partial charge in [0.05, 0.1) is 4.92 Å². The highest BCUT2D eigenvalue weighted by Crippen LogP contribution is 2.20. The van der Waals surface area contributed by atoms with E-state index in [9.17, 15) is 10.1 Å². The summed E-state index contributed by atoms with van der Waals surface area (Å²) < 4.78 is 1.75. The van der Waals surface area contributed by atoms with E-state index < -0.39 is 4.92 Å². The highest BCUT2D eigenvalue weighted by atomic mass is 32.1. The Kier molecular flexibility index (Phi) is 3.68. The molecular weight excluding hydrogens is 302 g/mol. The van der Waals surface area contributed by atoms with Gasteiger partial charge in [0, 0.05) is 18.1 Å². The number of nitro benzene ring substituents is 1. The van der Waals surface area contributed by atoms with Crippen molar-refractivity contribution >= 4 is 34.1 Å². The summed E-state index contributed by atoms with van der Waals surface area (Å²) in [6.07, 6.45) is 3.73. The maximum absolute atomic E-state index is 10.6. The molecule has 2 heterocycles. The van der Waals surface area contributed by atoms with Gasteiger partial charge in [0.2, 0.25) is 4.96 Å². The van der Waals surface area contributed by atoms with E-state index in [0.29, 0.717) is 0 Å². The Bertz CT molecular complexity index is 848. The van der Waals surface area contributed by atoms with E-state index in [1.165, 1.54) is 23.5 Å². The van der Waals surface area contributed by atoms with Gasteiger partial charge >= 0.3 is 0 Å². The van der Waals surface area contributed by atoms with Crippen LogP contribution in [0.15, 0.2) is 24.3 Å². The molecule has 7 nitrogen and oxygen atoms in total. The number of aromatic nitrogens is 4. The van der Waals surface area contributed by atoms with Crippen molar-refractivity contribution in [3.63, 3.8) is 0 Å². The summed E-state index contributed by atoms with van der Waals surface area (Å²) >= 11 is 1.45. The number of hydrogen-bond donors (Lipinski definition) is 0. The van der Waals surface area contributed by atoms with Crippen molar-refractivity contribution in [1.29, 1.82) is 0 Å². The Morgan fingerprint density at radius 1 is 1.23 bits per heavy atom. The summed E-state index contributed by atoms with van der Waals surface area (Å²) in [5, 5.41) is 24.1. The Morgan fingerprint density at radius 2 is 1.95 bits per heavy atom. The van der Waals surface area contributed by atoms with Crippen LogP contribution in [0.4, 0.5) is 5.69 Å². The molecule has 8 heteroatoms. The summed E-state index contributed by atoms with van der Waals surface area (Å²) in [6.45, 7) is 4.09. The summed E-state index contributed by atoms with van der Waals surface area (Å²) in [5.74, 6) is 1.09. The summed E-state index contributed by atoms with van der Waals surface area (Å²) in [6, 6.07) is 6.37. The van der Waals surface area contributed by atoms with E-state index in [4.69, 9.17) is 0 Å². The maximum atomic E-state index is 10.6. The molecule has 0 amide bonds. The average molecular weight is 315 g/mol. The number of hydrogen-bond acceptors (Lipinski definition) is 6. The third kappa shape index (κ3) is 2.73. The fourth-order valence-corrected chi connectivity index (χ4v) is 2.70. The van der Waals surface area contributed by atoms with Crippen LogP contribution in [0, 0.1) is 10.1 Å². The van der Waals surface area contributed by atoms with Crippen molar-refractivity contribution < 1.29 is 4.92 Å². The van der Waals surface area contributed by atoms with Gasteiger partial charge in [-0.05, 0) is 23.8 Å². The standard InChI is InChI=1S/C14H13N5O2S/c1-9(2)13-15-16-14-18(13)17-12(22-14)8-5-10-3-6-11(7-4-10)19(20)21/h3-9H,1-2H3. The van der Waals surface area contributed by atoms with Crippen molar-refractivity contribution in [2.45, 2.75) is 19.8 Å². The molecule has 22 heavy (non-hydrogen) atoms. The van der Waals surface area contributed by atoms with Gasteiger partial charge in [-0.3, -0.25) is 10.1 Å². The van der Waals surface area contributed by atoms with Gasteiger partial charge in [-0.15, -0.1) is 10.2 Å². The average Bonchev–Trinajstić information content (AvgIpc) is 3.04. The first-order valence-electron chi connectivity index (χ1n) is 6.69. The minimum Gasteiger partial charge on any atom is -0.258 e. The van der Waals surface area contributed by atoms with Gasteiger partial charge < -0.3 is 0 Å². The zero-order valence-electron chi connectivity index (χ0n) is 12.0. The number of fused-ring (bicyclic) bond motifs is 1. The van der Waals surface area contributed by atoms with Crippen LogP contribution in [-0.2, 0) is 0 Å². The fraction of sp³-hybridized carbons (Fsp3) is 0.214. The molecule has 0 aliphatic heterocycles. The normalized spacial score (nSPS) is 11.8. The molecule has 0 spiro atoms. The highest BCUT2D eigenvalue weighted by Gasteiger charge is 2.12. The van der Waals surface area contributed by atoms with Crippen molar-refractivity contribution in [3.05, 3.63) is 50.8 Å². The van der Waals surface area contributed by atoms with Gasteiger partial charge in [-0.25, -0.2) is 0 Å². The second kappa shape index (κ2) is 5.64. The molecule has 2 aromatic heterocycles. The molecular formula is C14H13N5O2S. The largest absolute Gasteiger partial charge is 0.269 e. The summed E-state index contributed by atoms with van der Waals surface area (Å²) in [4.78, 5) is 11.0. The van der Waals surface area contributed by atoms with E-state index in [0.717, 1.165) is 21.4 Å². The fourth-order valence-electron chi connectivity index (χ4n) is 1.95. The van der Waals surface area contributed by atoms with E-state index in [2.05, 4.69) is 15.3 Å². The lowest BCUT2D eigenvalue weighted by Crippen LogP contribution is -1.97. The maximum Gasteiger partial charge on any atom is 0.269 e. The van der Waals surface area contributed by atoms with Crippen molar-refractivity contribution in [2.75, 3.05) is 0 Å². The molecule has 3 rings (SSSR count). The van der Waals surface area contributed by atoms with E-state index in [-0.39, 0.29) is 11.6 Å². The van der Waals surface area contributed by atoms with Crippen LogP contribution in [0.3, 0.4) is 0 Å². The quantitative estimate of drug-likeness (QED) is 0.544. The lowest BCUT2D eigenvalue weighted by molar-refractivity contribution is -0.384. The third-order valence-electron chi connectivity index (χ3n) is 3.07. The predicted molar refractivity (Wildman–Crippen MR) is 84.8 cm³/mol. The smallest absolute Gasteiger partial charge is 0.258 e. The predicted octanol–water partition coefficient (Wildman–Crippen LogP) is 3.39. The van der Waals surface area contributed by atoms with Crippen LogP contribution < -0.4 is 0 Å². The van der Waals surface area contributed by atoms with Crippen LogP contribution >= 0.6 is 11.3 Å². The Hall–Kier alpha value is -2.61. The lowest BCUT2D eigenvalue weighted by atomic mass is 10.2. The van der Waals surface area contributed by atoms with Crippen molar-refractivity contribution in [2.24, 2.45) is 0 Å². The number of non-ortho nitro benzene ring substituents is 1. The van der Waals surface area contributed by atoms with Gasteiger partial charge in [-0.1, -0.05) is 31.3 Å². The van der Waals surface area contributed by atoms with E-state index in [1.807, 2.05) is 26.0 Å². The molecule has 0 saturated carbocycles. The van der Waals surface area contributed by atoms with Gasteiger partial charge in [0.15, 0.2) is 5.82 Å². The van der Waals surface area contributed by atoms with Gasteiger partial charge in [0.1, 0.15) is 5.01 Å². The van der Waals surface area contributed by atoms with Crippen molar-refractivity contribution in [1.82, 2.24) is 19.8 Å². The monoisotopic (exact) mass is 315 g/mol. The highest BCUT2D eigenvalue weighted by molar-refractivity contribution is 7.17. The van der Waals surface area contributed by atoms with Gasteiger partial charge in [0.25, 0.3) is 5.69 Å². The minimum absolute atomic E-state index is 0.0810. The lowest BCUT2D eigenvalue weighted by Gasteiger charge is -1.97. The van der Waals surface area contributed by atoms with Crippen LogP contribution in [0.5, 0.6) is 0 Å². The number of nitro groups is 1.